The molecule has 2 rings (SSSR count). The van der Waals surface area contributed by atoms with Crippen molar-refractivity contribution in [1.29, 1.82) is 0 Å². The Bertz CT molecular complexity index is 397. The van der Waals surface area contributed by atoms with Gasteiger partial charge in [0.15, 0.2) is 0 Å². The van der Waals surface area contributed by atoms with E-state index in [4.69, 9.17) is 16.3 Å². The van der Waals surface area contributed by atoms with Gasteiger partial charge in [-0.05, 0) is 23.8 Å². The molecular formula is C14H21ClN2OS. The maximum Gasteiger partial charge on any atom is 0.0587 e. The fourth-order valence-electron chi connectivity index (χ4n) is 2.21. The lowest BCUT2D eigenvalue weighted by molar-refractivity contribution is 0.199. The topological polar surface area (TPSA) is 24.5 Å². The maximum absolute atomic E-state index is 6.12. The summed E-state index contributed by atoms with van der Waals surface area (Å²) in [5, 5.41) is 4.20. The number of methoxy groups -OCH3 is 1. The molecule has 1 heterocycles. The molecule has 1 fully saturated rings. The van der Waals surface area contributed by atoms with Gasteiger partial charge in [0.25, 0.3) is 0 Å². The van der Waals surface area contributed by atoms with E-state index in [1.165, 1.54) is 22.8 Å². The summed E-state index contributed by atoms with van der Waals surface area (Å²) in [6, 6.07) is 6.20. The number of benzene rings is 1. The molecule has 0 amide bonds. The van der Waals surface area contributed by atoms with Crippen LogP contribution in [0.2, 0.25) is 5.02 Å². The van der Waals surface area contributed by atoms with Crippen LogP contribution in [-0.2, 0) is 11.3 Å². The first-order valence-corrected chi connectivity index (χ1v) is 8.15. The molecule has 0 spiro atoms. The Morgan fingerprint density at radius 1 is 1.37 bits per heavy atom. The highest BCUT2D eigenvalue weighted by molar-refractivity contribution is 7.99. The summed E-state index contributed by atoms with van der Waals surface area (Å²) in [4.78, 5) is 2.46. The molecular weight excluding hydrogens is 280 g/mol. The Labute approximate surface area is 124 Å². The minimum atomic E-state index is 0.732. The first kappa shape index (κ1) is 15.0. The maximum atomic E-state index is 6.12. The Hall–Kier alpha value is -0.420. The minimum Gasteiger partial charge on any atom is -0.383 e. The third-order valence-electron chi connectivity index (χ3n) is 3.19. The van der Waals surface area contributed by atoms with Crippen LogP contribution in [0.4, 0.5) is 5.69 Å². The molecule has 1 aromatic carbocycles. The monoisotopic (exact) mass is 300 g/mol. The molecule has 0 aromatic heterocycles. The van der Waals surface area contributed by atoms with Crippen LogP contribution in [0.1, 0.15) is 5.56 Å². The van der Waals surface area contributed by atoms with Crippen LogP contribution >= 0.6 is 23.4 Å². The van der Waals surface area contributed by atoms with Crippen molar-refractivity contribution in [3.05, 3.63) is 28.8 Å². The highest BCUT2D eigenvalue weighted by Crippen LogP contribution is 2.26. The minimum absolute atomic E-state index is 0.732. The smallest absolute Gasteiger partial charge is 0.0587 e. The molecule has 19 heavy (non-hydrogen) atoms. The summed E-state index contributed by atoms with van der Waals surface area (Å²) in [5.74, 6) is 2.42. The van der Waals surface area contributed by atoms with Crippen LogP contribution < -0.4 is 10.2 Å². The number of halogens is 1. The molecule has 106 valence electrons. The van der Waals surface area contributed by atoms with Crippen LogP contribution in [0, 0.1) is 0 Å². The lowest BCUT2D eigenvalue weighted by atomic mass is 10.1. The van der Waals surface area contributed by atoms with E-state index in [2.05, 4.69) is 22.3 Å². The van der Waals surface area contributed by atoms with Crippen molar-refractivity contribution in [2.24, 2.45) is 0 Å². The first-order valence-electron chi connectivity index (χ1n) is 6.62. The van der Waals surface area contributed by atoms with Gasteiger partial charge in [-0.3, -0.25) is 0 Å². The summed E-state index contributed by atoms with van der Waals surface area (Å²) < 4.78 is 5.05. The third kappa shape index (κ3) is 4.56. The van der Waals surface area contributed by atoms with Gasteiger partial charge in [-0.2, -0.15) is 11.8 Å². The zero-order chi connectivity index (χ0) is 13.5. The van der Waals surface area contributed by atoms with Crippen molar-refractivity contribution in [2.45, 2.75) is 6.54 Å². The second-order valence-electron chi connectivity index (χ2n) is 4.54. The number of hydrogen-bond acceptors (Lipinski definition) is 4. The molecule has 1 aromatic rings. The van der Waals surface area contributed by atoms with E-state index in [1.54, 1.807) is 7.11 Å². The molecule has 0 aliphatic carbocycles. The fourth-order valence-corrected chi connectivity index (χ4v) is 3.30. The van der Waals surface area contributed by atoms with Gasteiger partial charge in [0.2, 0.25) is 0 Å². The van der Waals surface area contributed by atoms with Gasteiger partial charge in [-0.25, -0.2) is 0 Å². The molecule has 0 unspecified atom stereocenters. The molecule has 0 saturated carbocycles. The van der Waals surface area contributed by atoms with Crippen LogP contribution in [0.15, 0.2) is 18.2 Å². The Morgan fingerprint density at radius 2 is 2.16 bits per heavy atom. The van der Waals surface area contributed by atoms with Gasteiger partial charge in [-0.15, -0.1) is 0 Å². The average molecular weight is 301 g/mol. The summed E-state index contributed by atoms with van der Waals surface area (Å²) >= 11 is 8.15. The zero-order valence-corrected chi connectivity index (χ0v) is 12.9. The van der Waals surface area contributed by atoms with Gasteiger partial charge >= 0.3 is 0 Å². The second kappa shape index (κ2) is 8.00. The lowest BCUT2D eigenvalue weighted by Gasteiger charge is -2.30. The molecule has 5 heteroatoms. The molecule has 3 nitrogen and oxygen atoms in total. The van der Waals surface area contributed by atoms with Gasteiger partial charge in [-0.1, -0.05) is 11.6 Å². The van der Waals surface area contributed by atoms with E-state index < -0.39 is 0 Å². The van der Waals surface area contributed by atoms with E-state index in [-0.39, 0.29) is 0 Å². The summed E-state index contributed by atoms with van der Waals surface area (Å²) in [7, 11) is 1.72. The zero-order valence-electron chi connectivity index (χ0n) is 11.3. The van der Waals surface area contributed by atoms with E-state index >= 15 is 0 Å². The van der Waals surface area contributed by atoms with Gasteiger partial charge in [0.05, 0.1) is 6.61 Å². The van der Waals surface area contributed by atoms with E-state index in [0.717, 1.165) is 37.8 Å². The van der Waals surface area contributed by atoms with E-state index in [1.807, 2.05) is 17.8 Å². The Kier molecular flexibility index (Phi) is 6.31. The van der Waals surface area contributed by atoms with E-state index in [9.17, 15) is 0 Å². The Balaban J connectivity index is 2.03. The highest BCUT2D eigenvalue weighted by Gasteiger charge is 2.14. The van der Waals surface area contributed by atoms with Crippen molar-refractivity contribution in [2.75, 3.05) is 49.8 Å². The lowest BCUT2D eigenvalue weighted by Crippen LogP contribution is -2.33. The van der Waals surface area contributed by atoms with E-state index in [0.29, 0.717) is 0 Å². The Morgan fingerprint density at radius 3 is 2.89 bits per heavy atom. The third-order valence-corrected chi connectivity index (χ3v) is 4.37. The normalized spacial score (nSPS) is 15.8. The molecule has 0 atom stereocenters. The molecule has 1 aliphatic heterocycles. The molecule has 0 bridgehead atoms. The van der Waals surface area contributed by atoms with Crippen molar-refractivity contribution in [3.8, 4) is 0 Å². The number of thioether (sulfide) groups is 1. The van der Waals surface area contributed by atoms with Crippen LogP contribution in [0.25, 0.3) is 0 Å². The largest absolute Gasteiger partial charge is 0.383 e. The quantitative estimate of drug-likeness (QED) is 0.816. The molecule has 1 N–H and O–H groups in total. The summed E-state index contributed by atoms with van der Waals surface area (Å²) in [5.41, 5.74) is 2.59. The fraction of sp³-hybridized carbons (Fsp3) is 0.571. The standard InChI is InChI=1S/C14H21ClN2OS/c1-18-7-4-16-11-12-10-13(15)2-3-14(12)17-5-8-19-9-6-17/h2-3,10,16H,4-9,11H2,1H3. The van der Waals surface area contributed by atoms with Crippen molar-refractivity contribution >= 4 is 29.1 Å². The van der Waals surface area contributed by atoms with Crippen LogP contribution in [0.3, 0.4) is 0 Å². The van der Waals surface area contributed by atoms with Crippen molar-refractivity contribution in [1.82, 2.24) is 5.32 Å². The van der Waals surface area contributed by atoms with Crippen LogP contribution in [0.5, 0.6) is 0 Å². The highest BCUT2D eigenvalue weighted by atomic mass is 35.5. The predicted molar refractivity (Wildman–Crippen MR) is 84.6 cm³/mol. The number of nitrogens with zero attached hydrogens (tertiary/aromatic N) is 1. The number of anilines is 1. The number of hydrogen-bond donors (Lipinski definition) is 1. The number of rotatable bonds is 6. The summed E-state index contributed by atoms with van der Waals surface area (Å²) in [6.45, 7) is 4.67. The van der Waals surface area contributed by atoms with Gasteiger partial charge < -0.3 is 15.0 Å². The SMILES string of the molecule is COCCNCc1cc(Cl)ccc1N1CCSCC1. The average Bonchev–Trinajstić information content (AvgIpc) is 2.45. The van der Waals surface area contributed by atoms with Gasteiger partial charge in [0.1, 0.15) is 0 Å². The predicted octanol–water partition coefficient (Wildman–Crippen LogP) is 2.63. The van der Waals surface area contributed by atoms with Crippen molar-refractivity contribution < 1.29 is 4.74 Å². The van der Waals surface area contributed by atoms with Crippen molar-refractivity contribution in [3.63, 3.8) is 0 Å². The number of ether oxygens (including phenoxy) is 1. The number of nitrogens with one attached hydrogen (secondary N) is 1. The van der Waals surface area contributed by atoms with Crippen LogP contribution in [-0.4, -0.2) is 44.9 Å². The van der Waals surface area contributed by atoms with Gasteiger partial charge in [0, 0.05) is 55.5 Å². The first-order chi connectivity index (χ1) is 9.31. The molecule has 1 aliphatic rings. The molecule has 0 radical (unpaired) electrons. The summed E-state index contributed by atoms with van der Waals surface area (Å²) in [6.07, 6.45) is 0. The molecule has 1 saturated heterocycles. The second-order valence-corrected chi connectivity index (χ2v) is 6.20.